The summed E-state index contributed by atoms with van der Waals surface area (Å²) in [5.41, 5.74) is -5.93. The number of phenolic OH excluding ortho intramolecular Hbond substituents is 2. The quantitative estimate of drug-likeness (QED) is 0.213. The van der Waals surface area contributed by atoms with E-state index in [1.54, 1.807) is 55.4 Å². The summed E-state index contributed by atoms with van der Waals surface area (Å²) in [6.07, 6.45) is 0. The average molecular weight is 651 g/mol. The summed E-state index contributed by atoms with van der Waals surface area (Å²) in [6.45, 7) is 22.9. The fraction of sp³-hybridized carbons (Fsp3) is 0.605. The maximum absolute atomic E-state index is 14.2. The standard InChI is InChI=1S/C38H50O9/c1-15(2)18(22-29(42)35(7,8)33(45)36(9,10)30(22)43)20-26(40)21-19(16(3)4)23-31(44)37(11,12)34(46)38(13,14)32(23)47-28(21)24(27(20)41)25(39)17(5)6/h15-19,40-42H,1-14H3. The van der Waals surface area contributed by atoms with Crippen LogP contribution in [0.4, 0.5) is 0 Å². The summed E-state index contributed by atoms with van der Waals surface area (Å²) in [7, 11) is 0. The van der Waals surface area contributed by atoms with E-state index in [0.717, 1.165) is 0 Å². The number of allylic oxidation sites excluding steroid dienone is 4. The highest BCUT2D eigenvalue weighted by Crippen LogP contribution is 2.62. The molecule has 0 saturated heterocycles. The predicted octanol–water partition coefficient (Wildman–Crippen LogP) is 7.28. The van der Waals surface area contributed by atoms with Crippen LogP contribution >= 0.6 is 0 Å². The highest BCUT2D eigenvalue weighted by atomic mass is 16.5. The minimum absolute atomic E-state index is 0.0765. The Balaban J connectivity index is 2.24. The maximum Gasteiger partial charge on any atom is 0.175 e. The van der Waals surface area contributed by atoms with E-state index in [4.69, 9.17) is 4.74 Å². The van der Waals surface area contributed by atoms with Gasteiger partial charge in [-0.25, -0.2) is 0 Å². The summed E-state index contributed by atoms with van der Waals surface area (Å²) in [6, 6.07) is 0. The number of rotatable bonds is 6. The normalized spacial score (nSPS) is 23.7. The first-order chi connectivity index (χ1) is 21.2. The summed E-state index contributed by atoms with van der Waals surface area (Å²) >= 11 is 0. The van der Waals surface area contributed by atoms with Crippen molar-refractivity contribution >= 4 is 28.9 Å². The number of benzene rings is 1. The molecule has 1 heterocycles. The molecule has 4 rings (SSSR count). The van der Waals surface area contributed by atoms with Gasteiger partial charge < -0.3 is 20.1 Å². The molecule has 0 amide bonds. The molecular formula is C38H50O9. The Morgan fingerprint density at radius 1 is 0.702 bits per heavy atom. The molecule has 256 valence electrons. The van der Waals surface area contributed by atoms with Gasteiger partial charge in [-0.3, -0.25) is 24.0 Å². The number of carbonyl (C=O) groups excluding carboxylic acids is 5. The van der Waals surface area contributed by atoms with Gasteiger partial charge in [0.15, 0.2) is 28.9 Å². The van der Waals surface area contributed by atoms with E-state index in [1.165, 1.54) is 27.7 Å². The van der Waals surface area contributed by atoms with E-state index in [9.17, 15) is 39.3 Å². The SMILES string of the molecule is CC(C)C(=O)c1c(O)c(C(C2=C(O)C(C)(C)C(=O)C(C)(C)C2=O)C(C)C)c(O)c2c1OC1=C(C(=O)C(C)(C)C(=O)C1(C)C)C2C(C)C. The number of phenols is 2. The van der Waals surface area contributed by atoms with Gasteiger partial charge in [-0.2, -0.15) is 0 Å². The summed E-state index contributed by atoms with van der Waals surface area (Å²) in [4.78, 5) is 69.4. The third-order valence-electron chi connectivity index (χ3n) is 10.6. The first kappa shape index (κ1) is 36.1. The highest BCUT2D eigenvalue weighted by Gasteiger charge is 2.59. The molecule has 0 saturated carbocycles. The van der Waals surface area contributed by atoms with Crippen LogP contribution in [0.15, 0.2) is 22.7 Å². The zero-order valence-corrected chi connectivity index (χ0v) is 30.2. The molecule has 9 heteroatoms. The van der Waals surface area contributed by atoms with Crippen LogP contribution in [0.5, 0.6) is 17.2 Å². The second-order valence-electron chi connectivity index (χ2n) is 16.6. The smallest absolute Gasteiger partial charge is 0.175 e. The zero-order chi connectivity index (χ0) is 36.3. The zero-order valence-electron chi connectivity index (χ0n) is 30.2. The lowest BCUT2D eigenvalue weighted by Gasteiger charge is -2.46. The molecule has 2 aliphatic carbocycles. The van der Waals surface area contributed by atoms with E-state index in [-0.39, 0.29) is 51.0 Å². The van der Waals surface area contributed by atoms with Crippen molar-refractivity contribution in [3.63, 3.8) is 0 Å². The number of aromatic hydroxyl groups is 2. The molecular weight excluding hydrogens is 600 g/mol. The Hall–Kier alpha value is -3.75. The lowest BCUT2D eigenvalue weighted by molar-refractivity contribution is -0.146. The summed E-state index contributed by atoms with van der Waals surface area (Å²) in [5.74, 6) is -7.72. The van der Waals surface area contributed by atoms with Crippen LogP contribution in [0.3, 0.4) is 0 Å². The molecule has 1 aromatic carbocycles. The Labute approximate surface area is 277 Å². The molecule has 9 nitrogen and oxygen atoms in total. The number of aliphatic hydroxyl groups is 1. The number of ether oxygens (including phenoxy) is 1. The van der Waals surface area contributed by atoms with E-state index in [1.807, 2.05) is 13.8 Å². The fourth-order valence-electron chi connectivity index (χ4n) is 7.96. The van der Waals surface area contributed by atoms with Crippen molar-refractivity contribution in [3.8, 4) is 17.2 Å². The van der Waals surface area contributed by atoms with Crippen molar-refractivity contribution in [1.29, 1.82) is 0 Å². The molecule has 0 spiro atoms. The summed E-state index contributed by atoms with van der Waals surface area (Å²) in [5, 5.41) is 36.1. The van der Waals surface area contributed by atoms with Crippen molar-refractivity contribution < 1.29 is 44.0 Å². The highest BCUT2D eigenvalue weighted by molar-refractivity contribution is 6.21. The third-order valence-corrected chi connectivity index (χ3v) is 10.6. The third kappa shape index (κ3) is 4.73. The predicted molar refractivity (Wildman–Crippen MR) is 177 cm³/mol. The molecule has 2 unspecified atom stereocenters. The van der Waals surface area contributed by atoms with Crippen LogP contribution in [0.2, 0.25) is 0 Å². The van der Waals surface area contributed by atoms with Gasteiger partial charge in [-0.1, -0.05) is 41.5 Å². The molecule has 0 bridgehead atoms. The van der Waals surface area contributed by atoms with Gasteiger partial charge in [0.1, 0.15) is 34.3 Å². The second-order valence-corrected chi connectivity index (χ2v) is 16.6. The number of Topliss-reactive ketones (excluding diaryl/α,β-unsaturated/α-hetero) is 5. The molecule has 2 atom stereocenters. The average Bonchev–Trinajstić information content (AvgIpc) is 2.96. The van der Waals surface area contributed by atoms with Crippen LogP contribution in [-0.4, -0.2) is 44.2 Å². The van der Waals surface area contributed by atoms with Gasteiger partial charge in [-0.15, -0.1) is 0 Å². The van der Waals surface area contributed by atoms with Crippen LogP contribution < -0.4 is 4.74 Å². The molecule has 3 aliphatic rings. The number of ketones is 5. The van der Waals surface area contributed by atoms with E-state index in [2.05, 4.69) is 0 Å². The van der Waals surface area contributed by atoms with Gasteiger partial charge in [0.2, 0.25) is 0 Å². The van der Waals surface area contributed by atoms with E-state index in [0.29, 0.717) is 0 Å². The second kappa shape index (κ2) is 10.9. The van der Waals surface area contributed by atoms with Gasteiger partial charge in [0.25, 0.3) is 0 Å². The molecule has 1 aliphatic heterocycles. The number of aliphatic hydroxyl groups excluding tert-OH is 1. The Morgan fingerprint density at radius 3 is 1.66 bits per heavy atom. The molecule has 0 fully saturated rings. The lowest BCUT2D eigenvalue weighted by atomic mass is 9.58. The van der Waals surface area contributed by atoms with Crippen LogP contribution in [0.25, 0.3) is 0 Å². The molecule has 1 aromatic rings. The van der Waals surface area contributed by atoms with Crippen molar-refractivity contribution in [1.82, 2.24) is 0 Å². The van der Waals surface area contributed by atoms with Crippen molar-refractivity contribution in [2.45, 2.75) is 109 Å². The van der Waals surface area contributed by atoms with E-state index >= 15 is 0 Å². The minimum Gasteiger partial charge on any atom is -0.511 e. The Kier molecular flexibility index (Phi) is 8.36. The van der Waals surface area contributed by atoms with Crippen molar-refractivity contribution in [2.75, 3.05) is 0 Å². The summed E-state index contributed by atoms with van der Waals surface area (Å²) < 4.78 is 6.42. The lowest BCUT2D eigenvalue weighted by Crippen LogP contribution is -2.52. The van der Waals surface area contributed by atoms with Gasteiger partial charge in [-0.05, 0) is 67.2 Å². The van der Waals surface area contributed by atoms with Crippen LogP contribution in [-0.2, 0) is 19.2 Å². The maximum atomic E-state index is 14.2. The number of hydrogen-bond acceptors (Lipinski definition) is 9. The van der Waals surface area contributed by atoms with Crippen molar-refractivity contribution in [3.05, 3.63) is 39.4 Å². The number of hydrogen-bond donors (Lipinski definition) is 3. The fourth-order valence-corrected chi connectivity index (χ4v) is 7.96. The minimum atomic E-state index is -1.53. The van der Waals surface area contributed by atoms with Crippen molar-refractivity contribution in [2.24, 2.45) is 39.4 Å². The first-order valence-electron chi connectivity index (χ1n) is 16.4. The van der Waals surface area contributed by atoms with Gasteiger partial charge in [0, 0.05) is 40.0 Å². The monoisotopic (exact) mass is 650 g/mol. The Morgan fingerprint density at radius 2 is 1.19 bits per heavy atom. The van der Waals surface area contributed by atoms with E-state index < -0.39 is 85.7 Å². The first-order valence-corrected chi connectivity index (χ1v) is 16.4. The Bertz CT molecular complexity index is 1710. The number of carbonyl (C=O) groups is 5. The van der Waals surface area contributed by atoms with Gasteiger partial charge >= 0.3 is 0 Å². The van der Waals surface area contributed by atoms with Gasteiger partial charge in [0.05, 0.1) is 21.7 Å². The van der Waals surface area contributed by atoms with Crippen LogP contribution in [0, 0.1) is 39.4 Å². The number of fused-ring (bicyclic) bond motifs is 1. The molecule has 47 heavy (non-hydrogen) atoms. The molecule has 0 radical (unpaired) electrons. The largest absolute Gasteiger partial charge is 0.511 e. The topological polar surface area (TPSA) is 155 Å². The molecule has 3 N–H and O–H groups in total. The van der Waals surface area contributed by atoms with Crippen LogP contribution in [0.1, 0.15) is 130 Å². The molecule has 0 aromatic heterocycles.